The number of aliphatic hydroxyl groups excluding tert-OH is 1. The zero-order chi connectivity index (χ0) is 15.9. The number of hydrogen-bond donors (Lipinski definition) is 2. The summed E-state index contributed by atoms with van der Waals surface area (Å²) >= 11 is 0. The molecule has 0 atom stereocenters. The fourth-order valence-corrected chi connectivity index (χ4v) is 1.76. The summed E-state index contributed by atoms with van der Waals surface area (Å²) < 4.78 is 5.25. The van der Waals surface area contributed by atoms with E-state index < -0.39 is 5.60 Å². The number of hydrogen-bond acceptors (Lipinski definition) is 3. The highest BCUT2D eigenvalue weighted by Crippen LogP contribution is 2.19. The fourth-order valence-electron chi connectivity index (χ4n) is 1.76. The number of methoxy groups -OCH3 is 1. The Morgan fingerprint density at radius 3 is 2.71 bits per heavy atom. The van der Waals surface area contributed by atoms with Gasteiger partial charge in [-0.1, -0.05) is 11.8 Å². The number of carbonyl (C=O) groups excluding carboxylic acids is 1. The second-order valence-electron chi connectivity index (χ2n) is 5.49. The predicted octanol–water partition coefficient (Wildman–Crippen LogP) is 2.48. The van der Waals surface area contributed by atoms with E-state index in [2.05, 4.69) is 17.2 Å². The van der Waals surface area contributed by atoms with E-state index in [4.69, 9.17) is 9.84 Å². The largest absolute Gasteiger partial charge is 0.395 e. The Balaban J connectivity index is 2.73. The maximum absolute atomic E-state index is 12.0. The van der Waals surface area contributed by atoms with Gasteiger partial charge < -0.3 is 15.2 Å². The molecule has 1 aromatic carbocycles. The van der Waals surface area contributed by atoms with Gasteiger partial charge in [-0.2, -0.15) is 0 Å². The summed E-state index contributed by atoms with van der Waals surface area (Å²) in [4.78, 5) is 12.0. The minimum Gasteiger partial charge on any atom is -0.395 e. The predicted molar refractivity (Wildman–Crippen MR) is 84.1 cm³/mol. The Kier molecular flexibility index (Phi) is 6.41. The standard InChI is InChI=1S/C17H23NO3/c1-13-11-14(7-5-6-10-19)8-9-15(13)18-16(20)12-17(2,3)21-4/h8-9,11,19H,6,10,12H2,1-4H3,(H,18,20). The van der Waals surface area contributed by atoms with Crippen LogP contribution in [0.2, 0.25) is 0 Å². The molecule has 1 rings (SSSR count). The Bertz CT molecular complexity index is 553. The van der Waals surface area contributed by atoms with E-state index in [1.165, 1.54) is 0 Å². The number of nitrogens with one attached hydrogen (secondary N) is 1. The normalized spacial score (nSPS) is 10.7. The SMILES string of the molecule is COC(C)(C)CC(=O)Nc1ccc(C#CCCO)cc1C. The lowest BCUT2D eigenvalue weighted by molar-refractivity contribution is -0.121. The first-order valence-electron chi connectivity index (χ1n) is 6.93. The van der Waals surface area contributed by atoms with Crippen LogP contribution in [0.4, 0.5) is 5.69 Å². The Hall–Kier alpha value is -1.83. The quantitative estimate of drug-likeness (QED) is 0.819. The monoisotopic (exact) mass is 289 g/mol. The summed E-state index contributed by atoms with van der Waals surface area (Å²) in [6.07, 6.45) is 0.755. The van der Waals surface area contributed by atoms with Crippen molar-refractivity contribution in [2.45, 2.75) is 39.2 Å². The smallest absolute Gasteiger partial charge is 0.227 e. The average Bonchev–Trinajstić information content (AvgIpc) is 2.41. The van der Waals surface area contributed by atoms with Crippen molar-refractivity contribution >= 4 is 11.6 Å². The Morgan fingerprint density at radius 2 is 2.14 bits per heavy atom. The van der Waals surface area contributed by atoms with E-state index in [9.17, 15) is 4.79 Å². The molecule has 2 N–H and O–H groups in total. The number of anilines is 1. The minimum absolute atomic E-state index is 0.0649. The van der Waals surface area contributed by atoms with Crippen LogP contribution in [0, 0.1) is 18.8 Å². The van der Waals surface area contributed by atoms with Crippen molar-refractivity contribution in [2.75, 3.05) is 19.0 Å². The van der Waals surface area contributed by atoms with Gasteiger partial charge in [-0.05, 0) is 44.5 Å². The maximum Gasteiger partial charge on any atom is 0.227 e. The first-order chi connectivity index (χ1) is 9.88. The number of ether oxygens (including phenoxy) is 1. The van der Waals surface area contributed by atoms with Crippen LogP contribution in [0.3, 0.4) is 0 Å². The summed E-state index contributed by atoms with van der Waals surface area (Å²) in [5.74, 6) is 5.77. The van der Waals surface area contributed by atoms with Crippen molar-refractivity contribution in [3.05, 3.63) is 29.3 Å². The van der Waals surface area contributed by atoms with E-state index in [0.29, 0.717) is 12.8 Å². The summed E-state index contributed by atoms with van der Waals surface area (Å²) in [5, 5.41) is 11.6. The summed E-state index contributed by atoms with van der Waals surface area (Å²) in [6.45, 7) is 5.74. The van der Waals surface area contributed by atoms with E-state index in [1.807, 2.05) is 39.0 Å². The van der Waals surface area contributed by atoms with Crippen molar-refractivity contribution in [1.29, 1.82) is 0 Å². The molecule has 4 heteroatoms. The van der Waals surface area contributed by atoms with Gasteiger partial charge >= 0.3 is 0 Å². The van der Waals surface area contributed by atoms with Crippen molar-refractivity contribution in [2.24, 2.45) is 0 Å². The van der Waals surface area contributed by atoms with E-state index in [0.717, 1.165) is 16.8 Å². The summed E-state index contributed by atoms with van der Waals surface area (Å²) in [6, 6.07) is 5.62. The van der Waals surface area contributed by atoms with Crippen LogP contribution in [-0.2, 0) is 9.53 Å². The Morgan fingerprint density at radius 1 is 1.43 bits per heavy atom. The van der Waals surface area contributed by atoms with E-state index in [-0.39, 0.29) is 12.5 Å². The molecule has 0 aliphatic heterocycles. The molecule has 0 saturated carbocycles. The number of rotatable bonds is 5. The lowest BCUT2D eigenvalue weighted by atomic mass is 10.0. The fraction of sp³-hybridized carbons (Fsp3) is 0.471. The van der Waals surface area contributed by atoms with Gasteiger partial charge in [0.05, 0.1) is 18.6 Å². The number of aryl methyl sites for hydroxylation is 1. The van der Waals surface area contributed by atoms with Crippen LogP contribution >= 0.6 is 0 Å². The molecule has 0 saturated heterocycles. The highest BCUT2D eigenvalue weighted by molar-refractivity contribution is 5.92. The molecule has 1 amide bonds. The second kappa shape index (κ2) is 7.82. The molecule has 1 aromatic rings. The van der Waals surface area contributed by atoms with E-state index in [1.54, 1.807) is 7.11 Å². The molecular weight excluding hydrogens is 266 g/mol. The molecule has 0 unspecified atom stereocenters. The van der Waals surface area contributed by atoms with Gasteiger partial charge in [-0.3, -0.25) is 4.79 Å². The molecule has 0 fully saturated rings. The minimum atomic E-state index is -0.478. The van der Waals surface area contributed by atoms with Crippen LogP contribution in [0.5, 0.6) is 0 Å². The zero-order valence-electron chi connectivity index (χ0n) is 13.1. The molecule has 0 radical (unpaired) electrons. The molecule has 0 bridgehead atoms. The maximum atomic E-state index is 12.0. The van der Waals surface area contributed by atoms with Crippen molar-refractivity contribution in [3.63, 3.8) is 0 Å². The Labute approximate surface area is 126 Å². The van der Waals surface area contributed by atoms with E-state index >= 15 is 0 Å². The first-order valence-corrected chi connectivity index (χ1v) is 6.93. The van der Waals surface area contributed by atoms with Gasteiger partial charge in [-0.15, -0.1) is 0 Å². The van der Waals surface area contributed by atoms with Crippen LogP contribution in [0.25, 0.3) is 0 Å². The third-order valence-electron chi connectivity index (χ3n) is 3.11. The molecule has 114 valence electrons. The first kappa shape index (κ1) is 17.2. The third-order valence-corrected chi connectivity index (χ3v) is 3.11. The van der Waals surface area contributed by atoms with Crippen LogP contribution in [0.1, 0.15) is 37.8 Å². The number of amides is 1. The molecule has 0 heterocycles. The van der Waals surface area contributed by atoms with Gasteiger partial charge in [0.25, 0.3) is 0 Å². The van der Waals surface area contributed by atoms with Gasteiger partial charge in [0, 0.05) is 24.8 Å². The summed E-state index contributed by atoms with van der Waals surface area (Å²) in [7, 11) is 1.60. The number of carbonyl (C=O) groups is 1. The highest BCUT2D eigenvalue weighted by atomic mass is 16.5. The third kappa shape index (κ3) is 5.99. The molecule has 0 spiro atoms. The lowest BCUT2D eigenvalue weighted by Crippen LogP contribution is -2.29. The molecular formula is C17H23NO3. The molecule has 21 heavy (non-hydrogen) atoms. The second-order valence-corrected chi connectivity index (χ2v) is 5.49. The number of benzene rings is 1. The van der Waals surface area contributed by atoms with Gasteiger partial charge in [0.1, 0.15) is 0 Å². The summed E-state index contributed by atoms with van der Waals surface area (Å²) in [5.41, 5.74) is 2.12. The van der Waals surface area contributed by atoms with Crippen molar-refractivity contribution in [3.8, 4) is 11.8 Å². The van der Waals surface area contributed by atoms with Crippen molar-refractivity contribution in [1.82, 2.24) is 0 Å². The highest BCUT2D eigenvalue weighted by Gasteiger charge is 2.21. The molecule has 4 nitrogen and oxygen atoms in total. The van der Waals surface area contributed by atoms with Crippen LogP contribution in [0.15, 0.2) is 18.2 Å². The lowest BCUT2D eigenvalue weighted by Gasteiger charge is -2.22. The topological polar surface area (TPSA) is 58.6 Å². The molecule has 0 aliphatic carbocycles. The van der Waals surface area contributed by atoms with Crippen molar-refractivity contribution < 1.29 is 14.6 Å². The van der Waals surface area contributed by atoms with Gasteiger partial charge in [0.15, 0.2) is 0 Å². The zero-order valence-corrected chi connectivity index (χ0v) is 13.1. The van der Waals surface area contributed by atoms with Crippen LogP contribution < -0.4 is 5.32 Å². The molecule has 0 aromatic heterocycles. The average molecular weight is 289 g/mol. The van der Waals surface area contributed by atoms with Gasteiger partial charge in [0.2, 0.25) is 5.91 Å². The van der Waals surface area contributed by atoms with Crippen LogP contribution in [-0.4, -0.2) is 30.3 Å². The number of aliphatic hydroxyl groups is 1. The van der Waals surface area contributed by atoms with Gasteiger partial charge in [-0.25, -0.2) is 0 Å². The molecule has 0 aliphatic rings.